The molecule has 0 atom stereocenters. The molecule has 4 aromatic rings. The van der Waals surface area contributed by atoms with Crippen molar-refractivity contribution in [2.24, 2.45) is 7.05 Å². The van der Waals surface area contributed by atoms with Crippen molar-refractivity contribution in [2.75, 3.05) is 5.32 Å². The molecule has 0 saturated carbocycles. The zero-order chi connectivity index (χ0) is 18.3. The molecule has 0 spiro atoms. The van der Waals surface area contributed by atoms with Crippen molar-refractivity contribution >= 4 is 44.5 Å². The van der Waals surface area contributed by atoms with Crippen LogP contribution in [0.2, 0.25) is 0 Å². The van der Waals surface area contributed by atoms with Gasteiger partial charge in [0.1, 0.15) is 9.84 Å². The van der Waals surface area contributed by atoms with Gasteiger partial charge in [0.15, 0.2) is 0 Å². The molecule has 0 radical (unpaired) electrons. The number of hydrogen-bond acceptors (Lipinski definition) is 6. The van der Waals surface area contributed by atoms with Crippen LogP contribution in [-0.4, -0.2) is 20.4 Å². The number of aromatic nitrogens is 3. The molecule has 8 heteroatoms. The number of thiophene rings is 1. The van der Waals surface area contributed by atoms with Gasteiger partial charge in [-0.1, -0.05) is 0 Å². The summed E-state index contributed by atoms with van der Waals surface area (Å²) in [5.41, 5.74) is 2.21. The lowest BCUT2D eigenvalue weighted by atomic mass is 10.2. The maximum absolute atomic E-state index is 12.7. The third kappa shape index (κ3) is 2.83. The monoisotopic (exact) mass is 382 g/mol. The van der Waals surface area contributed by atoms with Gasteiger partial charge in [-0.15, -0.1) is 22.7 Å². The Balaban J connectivity index is 1.62. The highest BCUT2D eigenvalue weighted by molar-refractivity contribution is 7.20. The number of carbonyl (C=O) groups excluding carboxylic acids is 1. The van der Waals surface area contributed by atoms with Crippen LogP contribution in [0.5, 0.6) is 0 Å². The fraction of sp³-hybridized carbons (Fsp3) is 0.111. The minimum Gasteiger partial charge on any atom is -0.321 e. The van der Waals surface area contributed by atoms with Gasteiger partial charge in [-0.05, 0) is 36.8 Å². The summed E-state index contributed by atoms with van der Waals surface area (Å²) in [7, 11) is 1.65. The third-order valence-electron chi connectivity index (χ3n) is 4.04. The second kappa shape index (κ2) is 6.47. The summed E-state index contributed by atoms with van der Waals surface area (Å²) in [4.78, 5) is 34.5. The maximum atomic E-state index is 12.7. The van der Waals surface area contributed by atoms with E-state index in [9.17, 15) is 9.59 Å². The Morgan fingerprint density at radius 3 is 2.65 bits per heavy atom. The van der Waals surface area contributed by atoms with E-state index in [1.165, 1.54) is 22.2 Å². The molecular weight excluding hydrogens is 368 g/mol. The van der Waals surface area contributed by atoms with Crippen LogP contribution in [0.3, 0.4) is 0 Å². The van der Waals surface area contributed by atoms with E-state index in [1.807, 2.05) is 29.6 Å². The summed E-state index contributed by atoms with van der Waals surface area (Å²) < 4.78 is 1.42. The van der Waals surface area contributed by atoms with Crippen LogP contribution < -0.4 is 10.9 Å². The second-order valence-electron chi connectivity index (χ2n) is 5.77. The Hall–Kier alpha value is -2.84. The largest absolute Gasteiger partial charge is 0.321 e. The molecule has 0 unspecified atom stereocenters. The molecule has 130 valence electrons. The van der Waals surface area contributed by atoms with Crippen LogP contribution in [0.4, 0.5) is 5.69 Å². The molecule has 0 fully saturated rings. The van der Waals surface area contributed by atoms with Crippen molar-refractivity contribution < 1.29 is 4.79 Å². The number of fused-ring (bicyclic) bond motifs is 1. The van der Waals surface area contributed by atoms with E-state index in [1.54, 1.807) is 31.5 Å². The van der Waals surface area contributed by atoms with Crippen LogP contribution in [0.25, 0.3) is 20.8 Å². The average Bonchev–Trinajstić information content (AvgIpc) is 3.27. The summed E-state index contributed by atoms with van der Waals surface area (Å²) in [6.07, 6.45) is 3.23. The van der Waals surface area contributed by atoms with Gasteiger partial charge in [0, 0.05) is 29.9 Å². The number of aryl methyl sites for hydroxylation is 2. The lowest BCUT2D eigenvalue weighted by molar-refractivity contribution is 0.103. The van der Waals surface area contributed by atoms with Gasteiger partial charge in [0.2, 0.25) is 0 Å². The van der Waals surface area contributed by atoms with Gasteiger partial charge >= 0.3 is 0 Å². The maximum Gasteiger partial charge on any atom is 0.266 e. The lowest BCUT2D eigenvalue weighted by Crippen LogP contribution is -2.17. The smallest absolute Gasteiger partial charge is 0.266 e. The first-order valence-corrected chi connectivity index (χ1v) is 9.50. The molecule has 1 amide bonds. The lowest BCUT2D eigenvalue weighted by Gasteiger charge is -2.05. The molecule has 0 aliphatic carbocycles. The Bertz CT molecular complexity index is 1160. The molecule has 0 saturated heterocycles. The number of amides is 1. The number of anilines is 1. The summed E-state index contributed by atoms with van der Waals surface area (Å²) in [5, 5.41) is 6.25. The van der Waals surface area contributed by atoms with Gasteiger partial charge in [0.05, 0.1) is 16.6 Å². The number of thiazole rings is 1. The number of nitrogens with zero attached hydrogens (tertiary/aromatic N) is 3. The molecule has 1 aromatic carbocycles. The van der Waals surface area contributed by atoms with Crippen LogP contribution in [-0.2, 0) is 7.05 Å². The molecule has 26 heavy (non-hydrogen) atoms. The molecule has 1 N–H and O–H groups in total. The van der Waals surface area contributed by atoms with Crippen molar-refractivity contribution in [3.63, 3.8) is 0 Å². The summed E-state index contributed by atoms with van der Waals surface area (Å²) in [6, 6.07) is 7.52. The van der Waals surface area contributed by atoms with Gasteiger partial charge in [-0.3, -0.25) is 9.59 Å². The van der Waals surface area contributed by atoms with Crippen LogP contribution in [0.1, 0.15) is 15.2 Å². The molecule has 4 rings (SSSR count). The molecular formula is C18H14N4O2S2. The second-order valence-corrected chi connectivity index (χ2v) is 7.66. The predicted molar refractivity (Wildman–Crippen MR) is 105 cm³/mol. The van der Waals surface area contributed by atoms with Crippen LogP contribution in [0.15, 0.2) is 47.0 Å². The minimum absolute atomic E-state index is 0.143. The zero-order valence-electron chi connectivity index (χ0n) is 14.0. The quantitative estimate of drug-likeness (QED) is 0.586. The molecule has 0 aliphatic rings. The van der Waals surface area contributed by atoms with E-state index in [0.717, 1.165) is 10.6 Å². The van der Waals surface area contributed by atoms with Crippen molar-refractivity contribution in [3.8, 4) is 10.6 Å². The Kier molecular flexibility index (Phi) is 4.14. The van der Waals surface area contributed by atoms with E-state index in [0.29, 0.717) is 26.3 Å². The highest BCUT2D eigenvalue weighted by Crippen LogP contribution is 2.28. The van der Waals surface area contributed by atoms with E-state index in [2.05, 4.69) is 15.3 Å². The number of rotatable bonds is 3. The van der Waals surface area contributed by atoms with E-state index in [4.69, 9.17) is 0 Å². The molecule has 3 heterocycles. The highest BCUT2D eigenvalue weighted by atomic mass is 32.1. The third-order valence-corrected chi connectivity index (χ3v) is 6.06. The summed E-state index contributed by atoms with van der Waals surface area (Å²) in [5.74, 6) is -0.241. The topological polar surface area (TPSA) is 76.9 Å². The molecule has 3 aromatic heterocycles. The van der Waals surface area contributed by atoms with Gasteiger partial charge < -0.3 is 9.88 Å². The first-order valence-electron chi connectivity index (χ1n) is 7.80. The Morgan fingerprint density at radius 2 is 1.96 bits per heavy atom. The minimum atomic E-state index is -0.241. The fourth-order valence-corrected chi connectivity index (χ4v) is 4.35. The van der Waals surface area contributed by atoms with E-state index < -0.39 is 0 Å². The summed E-state index contributed by atoms with van der Waals surface area (Å²) in [6.45, 7) is 1.78. The standard InChI is InChI=1S/C18H14N4O2S2/c1-10-13-17(20-9-22(2)18(13)24)26-14(10)15(23)21-12-5-3-11(4-6-12)16-19-7-8-25-16/h3-9H,1-2H3,(H,21,23). The first kappa shape index (κ1) is 16.6. The summed E-state index contributed by atoms with van der Waals surface area (Å²) >= 11 is 2.79. The average molecular weight is 382 g/mol. The molecule has 0 bridgehead atoms. The van der Waals surface area contributed by atoms with Crippen molar-refractivity contribution in [1.29, 1.82) is 0 Å². The van der Waals surface area contributed by atoms with Gasteiger partial charge in [0.25, 0.3) is 11.5 Å². The Morgan fingerprint density at radius 1 is 1.19 bits per heavy atom. The number of benzene rings is 1. The number of nitrogens with one attached hydrogen (secondary N) is 1. The van der Waals surface area contributed by atoms with Gasteiger partial charge in [-0.25, -0.2) is 9.97 Å². The van der Waals surface area contributed by atoms with Crippen molar-refractivity contribution in [3.05, 3.63) is 63.0 Å². The van der Waals surface area contributed by atoms with E-state index in [-0.39, 0.29) is 11.5 Å². The van der Waals surface area contributed by atoms with E-state index >= 15 is 0 Å². The van der Waals surface area contributed by atoms with Crippen LogP contribution in [0, 0.1) is 6.92 Å². The van der Waals surface area contributed by atoms with Gasteiger partial charge in [-0.2, -0.15) is 0 Å². The van der Waals surface area contributed by atoms with Crippen molar-refractivity contribution in [2.45, 2.75) is 6.92 Å². The Labute approximate surface area is 156 Å². The molecule has 0 aliphatic heterocycles. The first-order chi connectivity index (χ1) is 12.5. The normalized spacial score (nSPS) is 11.0. The highest BCUT2D eigenvalue weighted by Gasteiger charge is 2.19. The zero-order valence-corrected chi connectivity index (χ0v) is 15.6. The fourth-order valence-electron chi connectivity index (χ4n) is 2.68. The SMILES string of the molecule is Cc1c(C(=O)Nc2ccc(-c3nccs3)cc2)sc2ncn(C)c(=O)c12. The predicted octanol–water partition coefficient (Wildman–Crippen LogP) is 3.68. The van der Waals surface area contributed by atoms with Crippen LogP contribution >= 0.6 is 22.7 Å². The van der Waals surface area contributed by atoms with Crippen molar-refractivity contribution in [1.82, 2.24) is 14.5 Å². The number of carbonyl (C=O) groups is 1. The number of hydrogen-bond donors (Lipinski definition) is 1. The molecule has 6 nitrogen and oxygen atoms in total.